The summed E-state index contributed by atoms with van der Waals surface area (Å²) in [7, 11) is 1.32. The lowest BCUT2D eigenvalue weighted by atomic mass is 10.1. The van der Waals surface area contributed by atoms with Crippen LogP contribution in [0.15, 0.2) is 18.2 Å². The highest BCUT2D eigenvalue weighted by Gasteiger charge is 2.14. The van der Waals surface area contributed by atoms with Crippen LogP contribution < -0.4 is 15.8 Å². The molecule has 0 aliphatic rings. The second-order valence-electron chi connectivity index (χ2n) is 3.04. The molecule has 1 aromatic rings. The SMILES string of the molecule is COc1cc(NC(=O)C(=O)O)ccc1C(N)=O. The van der Waals surface area contributed by atoms with Gasteiger partial charge >= 0.3 is 11.9 Å². The minimum atomic E-state index is -1.61. The van der Waals surface area contributed by atoms with Crippen molar-refractivity contribution < 1.29 is 24.2 Å². The lowest BCUT2D eigenvalue weighted by Gasteiger charge is -2.08. The molecule has 90 valence electrons. The molecule has 0 unspecified atom stereocenters. The number of amides is 2. The Kier molecular flexibility index (Phi) is 3.66. The van der Waals surface area contributed by atoms with E-state index in [9.17, 15) is 14.4 Å². The molecule has 0 saturated heterocycles. The first-order valence-corrected chi connectivity index (χ1v) is 4.48. The number of carboxylic acids is 1. The first kappa shape index (κ1) is 12.5. The normalized spacial score (nSPS) is 9.47. The third-order valence-electron chi connectivity index (χ3n) is 1.92. The second-order valence-corrected chi connectivity index (χ2v) is 3.04. The molecular weight excluding hydrogens is 228 g/mol. The van der Waals surface area contributed by atoms with E-state index in [0.717, 1.165) is 0 Å². The topological polar surface area (TPSA) is 119 Å². The highest BCUT2D eigenvalue weighted by Crippen LogP contribution is 2.22. The van der Waals surface area contributed by atoms with E-state index in [1.807, 2.05) is 0 Å². The van der Waals surface area contributed by atoms with Gasteiger partial charge in [0.1, 0.15) is 5.75 Å². The molecule has 0 aromatic heterocycles. The summed E-state index contributed by atoms with van der Waals surface area (Å²) >= 11 is 0. The van der Waals surface area contributed by atoms with E-state index in [2.05, 4.69) is 5.32 Å². The summed E-state index contributed by atoms with van der Waals surface area (Å²) in [5.74, 6) is -3.32. The third kappa shape index (κ3) is 2.94. The van der Waals surface area contributed by atoms with E-state index in [1.54, 1.807) is 0 Å². The zero-order valence-electron chi connectivity index (χ0n) is 8.89. The second kappa shape index (κ2) is 4.97. The van der Waals surface area contributed by atoms with Crippen molar-refractivity contribution >= 4 is 23.5 Å². The number of nitrogens with two attached hydrogens (primary N) is 1. The van der Waals surface area contributed by atoms with Crippen molar-refractivity contribution in [3.8, 4) is 5.75 Å². The molecule has 0 fully saturated rings. The number of ether oxygens (including phenoxy) is 1. The maximum absolute atomic E-state index is 11.0. The number of anilines is 1. The Morgan fingerprint density at radius 3 is 2.47 bits per heavy atom. The van der Waals surface area contributed by atoms with Gasteiger partial charge < -0.3 is 20.9 Å². The first-order valence-electron chi connectivity index (χ1n) is 4.48. The lowest BCUT2D eigenvalue weighted by Crippen LogP contribution is -2.22. The van der Waals surface area contributed by atoms with Gasteiger partial charge in [-0.3, -0.25) is 9.59 Å². The van der Waals surface area contributed by atoms with E-state index in [-0.39, 0.29) is 17.0 Å². The van der Waals surface area contributed by atoms with Crippen LogP contribution in [-0.2, 0) is 9.59 Å². The monoisotopic (exact) mass is 238 g/mol. The summed E-state index contributed by atoms with van der Waals surface area (Å²) in [6.45, 7) is 0. The fourth-order valence-corrected chi connectivity index (χ4v) is 1.16. The molecule has 4 N–H and O–H groups in total. The number of rotatable bonds is 3. The van der Waals surface area contributed by atoms with Gasteiger partial charge in [0.25, 0.3) is 5.91 Å². The Hall–Kier alpha value is -2.57. The van der Waals surface area contributed by atoms with Crippen LogP contribution in [0.2, 0.25) is 0 Å². The fraction of sp³-hybridized carbons (Fsp3) is 0.100. The van der Waals surface area contributed by atoms with E-state index in [0.29, 0.717) is 0 Å². The molecule has 0 aliphatic heterocycles. The van der Waals surface area contributed by atoms with Crippen molar-refractivity contribution in [3.63, 3.8) is 0 Å². The maximum Gasteiger partial charge on any atom is 0.394 e. The summed E-state index contributed by atoms with van der Waals surface area (Å²) < 4.78 is 4.89. The number of carbonyl (C=O) groups is 3. The Labute approximate surface area is 96.2 Å². The molecule has 0 heterocycles. The molecule has 1 rings (SSSR count). The smallest absolute Gasteiger partial charge is 0.394 e. The molecule has 0 aliphatic carbocycles. The Bertz CT molecular complexity index is 484. The number of hydrogen-bond acceptors (Lipinski definition) is 4. The highest BCUT2D eigenvalue weighted by molar-refractivity contribution is 6.36. The number of primary amides is 1. The van der Waals surface area contributed by atoms with Crippen LogP contribution in [0.5, 0.6) is 5.75 Å². The largest absolute Gasteiger partial charge is 0.496 e. The van der Waals surface area contributed by atoms with Gasteiger partial charge in [0.2, 0.25) is 0 Å². The molecule has 1 aromatic carbocycles. The van der Waals surface area contributed by atoms with E-state index in [1.165, 1.54) is 25.3 Å². The molecule has 0 spiro atoms. The molecule has 2 amide bonds. The van der Waals surface area contributed by atoms with Crippen molar-refractivity contribution in [2.75, 3.05) is 12.4 Å². The van der Waals surface area contributed by atoms with Gasteiger partial charge in [-0.1, -0.05) is 0 Å². The van der Waals surface area contributed by atoms with Gasteiger partial charge in [-0.05, 0) is 12.1 Å². The van der Waals surface area contributed by atoms with Gasteiger partial charge in [0, 0.05) is 11.8 Å². The molecule has 0 bridgehead atoms. The van der Waals surface area contributed by atoms with Crippen molar-refractivity contribution in [2.45, 2.75) is 0 Å². The van der Waals surface area contributed by atoms with Crippen LogP contribution in [0.1, 0.15) is 10.4 Å². The van der Waals surface area contributed by atoms with Crippen LogP contribution in [0, 0.1) is 0 Å². The predicted octanol–water partition coefficient (Wildman–Crippen LogP) is -0.183. The minimum absolute atomic E-state index is 0.140. The Morgan fingerprint density at radius 1 is 1.35 bits per heavy atom. The average Bonchev–Trinajstić information content (AvgIpc) is 2.28. The van der Waals surface area contributed by atoms with Gasteiger partial charge in [-0.15, -0.1) is 0 Å². The number of methoxy groups -OCH3 is 1. The molecular formula is C10H10N2O5. The summed E-state index contributed by atoms with van der Waals surface area (Å²) in [4.78, 5) is 32.2. The Morgan fingerprint density at radius 2 is 2.00 bits per heavy atom. The van der Waals surface area contributed by atoms with Gasteiger partial charge in [0.15, 0.2) is 0 Å². The fourth-order valence-electron chi connectivity index (χ4n) is 1.16. The van der Waals surface area contributed by atoms with Crippen LogP contribution >= 0.6 is 0 Å². The lowest BCUT2D eigenvalue weighted by molar-refractivity contribution is -0.147. The molecule has 7 nitrogen and oxygen atoms in total. The number of carboxylic acid groups (broad SMARTS) is 1. The van der Waals surface area contributed by atoms with Crippen molar-refractivity contribution in [1.29, 1.82) is 0 Å². The zero-order valence-corrected chi connectivity index (χ0v) is 8.89. The number of aliphatic carboxylic acids is 1. The van der Waals surface area contributed by atoms with E-state index < -0.39 is 17.8 Å². The number of benzene rings is 1. The minimum Gasteiger partial charge on any atom is -0.496 e. The van der Waals surface area contributed by atoms with Crippen molar-refractivity contribution in [3.05, 3.63) is 23.8 Å². The molecule has 0 radical (unpaired) electrons. The van der Waals surface area contributed by atoms with Crippen LogP contribution in [0.4, 0.5) is 5.69 Å². The standard InChI is InChI=1S/C10H10N2O5/c1-17-7-4-5(12-9(14)10(15)16)2-3-6(7)8(11)13/h2-4H,1H3,(H2,11,13)(H,12,14)(H,15,16). The zero-order chi connectivity index (χ0) is 13.0. The van der Waals surface area contributed by atoms with Gasteiger partial charge in [0.05, 0.1) is 12.7 Å². The van der Waals surface area contributed by atoms with Crippen LogP contribution in [-0.4, -0.2) is 30.0 Å². The van der Waals surface area contributed by atoms with E-state index in [4.69, 9.17) is 15.6 Å². The number of carbonyl (C=O) groups excluding carboxylic acids is 2. The van der Waals surface area contributed by atoms with Crippen molar-refractivity contribution in [2.24, 2.45) is 5.73 Å². The first-order chi connectivity index (χ1) is 7.95. The summed E-state index contributed by atoms with van der Waals surface area (Å²) in [5.41, 5.74) is 5.42. The maximum atomic E-state index is 11.0. The van der Waals surface area contributed by atoms with Crippen LogP contribution in [0.3, 0.4) is 0 Å². The summed E-state index contributed by atoms with van der Waals surface area (Å²) in [6, 6.07) is 3.99. The van der Waals surface area contributed by atoms with Gasteiger partial charge in [-0.25, -0.2) is 4.79 Å². The average molecular weight is 238 g/mol. The van der Waals surface area contributed by atoms with Crippen LogP contribution in [0.25, 0.3) is 0 Å². The van der Waals surface area contributed by atoms with E-state index >= 15 is 0 Å². The highest BCUT2D eigenvalue weighted by atomic mass is 16.5. The third-order valence-corrected chi connectivity index (χ3v) is 1.92. The van der Waals surface area contributed by atoms with Gasteiger partial charge in [-0.2, -0.15) is 0 Å². The summed E-state index contributed by atoms with van der Waals surface area (Å²) in [5, 5.41) is 10.5. The molecule has 0 saturated carbocycles. The predicted molar refractivity (Wildman–Crippen MR) is 57.8 cm³/mol. The number of hydrogen-bond donors (Lipinski definition) is 3. The summed E-state index contributed by atoms with van der Waals surface area (Å²) in [6.07, 6.45) is 0. The molecule has 0 atom stereocenters. The quantitative estimate of drug-likeness (QED) is 0.631. The van der Waals surface area contributed by atoms with Crippen molar-refractivity contribution in [1.82, 2.24) is 0 Å². The molecule has 7 heteroatoms. The Balaban J connectivity index is 3.01. The molecule has 17 heavy (non-hydrogen) atoms. The number of nitrogens with one attached hydrogen (secondary N) is 1.